The lowest BCUT2D eigenvalue weighted by molar-refractivity contribution is -0.146. The van der Waals surface area contributed by atoms with Crippen LogP contribution < -0.4 is 5.19 Å². The van der Waals surface area contributed by atoms with Gasteiger partial charge in [0.05, 0.1) is 5.19 Å². The first-order valence-electron chi connectivity index (χ1n) is 7.67. The second-order valence-corrected chi connectivity index (χ2v) is 7.73. The molecule has 0 spiro atoms. The minimum atomic E-state index is -4.12. The summed E-state index contributed by atoms with van der Waals surface area (Å²) >= 11 is 0. The van der Waals surface area contributed by atoms with Gasteiger partial charge >= 0.3 is 8.80 Å². The first-order valence-corrected chi connectivity index (χ1v) is 9.39. The molecule has 0 bridgehead atoms. The molecule has 2 rings (SSSR count). The van der Waals surface area contributed by atoms with Gasteiger partial charge in [-0.3, -0.25) is 14.4 Å². The van der Waals surface area contributed by atoms with Crippen molar-refractivity contribution in [2.75, 3.05) is 0 Å². The molecule has 8 heteroatoms. The van der Waals surface area contributed by atoms with Crippen LogP contribution in [0.3, 0.4) is 0 Å². The first kappa shape index (κ1) is 19.3. The van der Waals surface area contributed by atoms with Gasteiger partial charge in [0.15, 0.2) is 0 Å². The molecule has 0 heterocycles. The van der Waals surface area contributed by atoms with E-state index in [2.05, 4.69) is 0 Å². The van der Waals surface area contributed by atoms with Crippen LogP contribution in [0.2, 0.25) is 0 Å². The number of carbonyl (C=O) groups is 3. The second kappa shape index (κ2) is 7.92. The molecule has 136 valence electrons. The van der Waals surface area contributed by atoms with Gasteiger partial charge in [0.25, 0.3) is 17.9 Å². The van der Waals surface area contributed by atoms with Gasteiger partial charge in [-0.25, -0.2) is 4.39 Å². The fourth-order valence-electron chi connectivity index (χ4n) is 2.34. The second-order valence-electron chi connectivity index (χ2n) is 5.42. The lowest BCUT2D eigenvalue weighted by Gasteiger charge is -2.26. The lowest BCUT2D eigenvalue weighted by Crippen LogP contribution is -2.59. The van der Waals surface area contributed by atoms with Gasteiger partial charge in [-0.15, -0.1) is 0 Å². The Hall–Kier alpha value is -3.00. The van der Waals surface area contributed by atoms with Crippen molar-refractivity contribution in [3.05, 3.63) is 54.3 Å². The van der Waals surface area contributed by atoms with E-state index < -0.39 is 26.7 Å². The number of benzene rings is 2. The van der Waals surface area contributed by atoms with Gasteiger partial charge in [0.2, 0.25) is 0 Å². The zero-order chi connectivity index (χ0) is 19.3. The molecule has 0 amide bonds. The maximum atomic E-state index is 13.4. The van der Waals surface area contributed by atoms with Crippen molar-refractivity contribution in [3.63, 3.8) is 0 Å². The summed E-state index contributed by atoms with van der Waals surface area (Å²) in [6.45, 7) is 3.36. The number of carbonyl (C=O) groups excluding carboxylic acids is 3. The van der Waals surface area contributed by atoms with Gasteiger partial charge in [-0.1, -0.05) is 36.4 Å². The largest absolute Gasteiger partial charge is 0.742 e. The molecule has 6 nitrogen and oxygen atoms in total. The van der Waals surface area contributed by atoms with Crippen LogP contribution in [0.1, 0.15) is 20.8 Å². The first-order chi connectivity index (χ1) is 12.2. The molecule has 0 atom stereocenters. The number of rotatable bonds is 5. The van der Waals surface area contributed by atoms with E-state index in [4.69, 9.17) is 13.3 Å². The predicted molar refractivity (Wildman–Crippen MR) is 92.5 cm³/mol. The van der Waals surface area contributed by atoms with Gasteiger partial charge < -0.3 is 13.3 Å². The maximum Gasteiger partial charge on any atom is 0.742 e. The van der Waals surface area contributed by atoms with Gasteiger partial charge in [0.1, 0.15) is 5.82 Å². The van der Waals surface area contributed by atoms with E-state index >= 15 is 0 Å². The summed E-state index contributed by atoms with van der Waals surface area (Å²) in [4.78, 5) is 34.5. The summed E-state index contributed by atoms with van der Waals surface area (Å²) in [7, 11) is -4.12. The fourth-order valence-corrected chi connectivity index (χ4v) is 4.53. The molecule has 0 N–H and O–H groups in total. The monoisotopic (exact) mass is 376 g/mol. The van der Waals surface area contributed by atoms with Crippen LogP contribution in [-0.2, 0) is 27.7 Å². The lowest BCUT2D eigenvalue weighted by atomic mass is 10.1. The molecule has 2 aromatic carbocycles. The van der Waals surface area contributed by atoms with E-state index in [0.717, 1.165) is 20.8 Å². The third-order valence-corrected chi connectivity index (χ3v) is 5.94. The zero-order valence-electron chi connectivity index (χ0n) is 14.4. The van der Waals surface area contributed by atoms with Crippen LogP contribution in [0, 0.1) is 5.82 Å². The van der Waals surface area contributed by atoms with Crippen molar-refractivity contribution >= 4 is 31.9 Å². The molecule has 0 radical (unpaired) electrons. The average molecular weight is 376 g/mol. The predicted octanol–water partition coefficient (Wildman–Crippen LogP) is 2.33. The SMILES string of the molecule is CC(=O)O[Si](OC(C)=O)(OC(C)=O)c1ccc(-c2cccc(F)c2)cc1. The molecule has 0 unspecified atom stereocenters. The Labute approximate surface area is 150 Å². The molecule has 0 aliphatic carbocycles. The number of hydrogen-bond acceptors (Lipinski definition) is 6. The van der Waals surface area contributed by atoms with E-state index in [1.165, 1.54) is 24.3 Å². The maximum absolute atomic E-state index is 13.4. The molecule has 26 heavy (non-hydrogen) atoms. The Morgan fingerprint density at radius 1 is 0.769 bits per heavy atom. The van der Waals surface area contributed by atoms with Crippen molar-refractivity contribution in [1.82, 2.24) is 0 Å². The van der Waals surface area contributed by atoms with E-state index in [9.17, 15) is 18.8 Å². The normalized spacial score (nSPS) is 10.8. The molecule has 0 saturated carbocycles. The Morgan fingerprint density at radius 2 is 1.27 bits per heavy atom. The Bertz CT molecular complexity index is 793. The molecule has 0 fully saturated rings. The van der Waals surface area contributed by atoms with E-state index in [-0.39, 0.29) is 11.0 Å². The standard InChI is InChI=1S/C18H17FO6Si/c1-12(20)23-26(24-13(2)21,25-14(3)22)18-9-7-15(8-10-18)16-5-4-6-17(19)11-16/h4-11H,1-3H3. The average Bonchev–Trinajstić information content (AvgIpc) is 2.53. The van der Waals surface area contributed by atoms with Crippen LogP contribution in [0.5, 0.6) is 0 Å². The van der Waals surface area contributed by atoms with Crippen molar-refractivity contribution in [2.24, 2.45) is 0 Å². The zero-order valence-corrected chi connectivity index (χ0v) is 15.4. The fraction of sp³-hybridized carbons (Fsp3) is 0.167. The molecular weight excluding hydrogens is 359 g/mol. The molecule has 2 aromatic rings. The number of hydrogen-bond donors (Lipinski definition) is 0. The molecule has 0 aliphatic rings. The van der Waals surface area contributed by atoms with E-state index in [0.29, 0.717) is 11.1 Å². The highest BCUT2D eigenvalue weighted by Gasteiger charge is 2.54. The number of halogens is 1. The van der Waals surface area contributed by atoms with Gasteiger partial charge in [-0.05, 0) is 23.3 Å². The van der Waals surface area contributed by atoms with Gasteiger partial charge in [-0.2, -0.15) is 0 Å². The van der Waals surface area contributed by atoms with Crippen LogP contribution in [0.25, 0.3) is 11.1 Å². The van der Waals surface area contributed by atoms with Crippen LogP contribution in [0.4, 0.5) is 4.39 Å². The third kappa shape index (κ3) is 4.76. The molecular formula is C18H17FO6Si. The summed E-state index contributed by atoms with van der Waals surface area (Å²) in [5, 5.41) is 0.248. The van der Waals surface area contributed by atoms with Crippen LogP contribution >= 0.6 is 0 Å². The summed E-state index contributed by atoms with van der Waals surface area (Å²) in [5.41, 5.74) is 1.32. The van der Waals surface area contributed by atoms with Crippen molar-refractivity contribution in [2.45, 2.75) is 20.8 Å². The Morgan fingerprint density at radius 3 is 1.69 bits per heavy atom. The van der Waals surface area contributed by atoms with Crippen molar-refractivity contribution < 1.29 is 32.1 Å². The van der Waals surface area contributed by atoms with E-state index in [1.807, 2.05) is 0 Å². The van der Waals surface area contributed by atoms with Gasteiger partial charge in [0, 0.05) is 20.8 Å². The Balaban J connectivity index is 2.48. The molecule has 0 saturated heterocycles. The summed E-state index contributed by atoms with van der Waals surface area (Å²) < 4.78 is 28.9. The minimum Gasteiger partial charge on any atom is -0.452 e. The Kier molecular flexibility index (Phi) is 5.88. The summed E-state index contributed by atoms with van der Waals surface area (Å²) in [5.74, 6) is -2.65. The van der Waals surface area contributed by atoms with Crippen LogP contribution in [0.15, 0.2) is 48.5 Å². The smallest absolute Gasteiger partial charge is 0.452 e. The van der Waals surface area contributed by atoms with E-state index in [1.54, 1.807) is 24.3 Å². The van der Waals surface area contributed by atoms with Crippen molar-refractivity contribution in [1.29, 1.82) is 0 Å². The van der Waals surface area contributed by atoms with Crippen molar-refractivity contribution in [3.8, 4) is 11.1 Å². The highest BCUT2D eigenvalue weighted by Crippen LogP contribution is 2.21. The summed E-state index contributed by atoms with van der Waals surface area (Å²) in [6.07, 6.45) is 0. The minimum absolute atomic E-state index is 0.248. The van der Waals surface area contributed by atoms with Crippen LogP contribution in [-0.4, -0.2) is 26.7 Å². The highest BCUT2D eigenvalue weighted by atomic mass is 28.4. The highest BCUT2D eigenvalue weighted by molar-refractivity contribution is 6.79. The quantitative estimate of drug-likeness (QED) is 0.746. The third-order valence-electron chi connectivity index (χ3n) is 3.23. The summed E-state index contributed by atoms with van der Waals surface area (Å²) in [6, 6.07) is 12.3. The molecule has 0 aliphatic heterocycles. The topological polar surface area (TPSA) is 78.9 Å². The molecule has 0 aromatic heterocycles.